The molecule has 0 aromatic heterocycles. The summed E-state index contributed by atoms with van der Waals surface area (Å²) in [5.41, 5.74) is 0. The van der Waals surface area contributed by atoms with Crippen LogP contribution in [0, 0.1) is 17.2 Å². The maximum absolute atomic E-state index is 13.6. The summed E-state index contributed by atoms with van der Waals surface area (Å²) < 4.78 is 116. The van der Waals surface area contributed by atoms with Crippen molar-refractivity contribution in [3.8, 4) is 0 Å². The van der Waals surface area contributed by atoms with Crippen LogP contribution in [-0.4, -0.2) is 52.7 Å². The monoisotopic (exact) mass is 470 g/mol. The zero-order chi connectivity index (χ0) is 18.3. The van der Waals surface area contributed by atoms with Gasteiger partial charge in [0, 0.05) is 23.9 Å². The smallest absolute Gasteiger partial charge is 0.363 e. The highest BCUT2D eigenvalue weighted by Crippen LogP contribution is 2.55. The van der Waals surface area contributed by atoms with Crippen LogP contribution in [-0.2, 0) is 0 Å². The quantitative estimate of drug-likeness (QED) is 0.201. The van der Waals surface area contributed by atoms with Crippen molar-refractivity contribution in [3.63, 3.8) is 0 Å². The van der Waals surface area contributed by atoms with Crippen molar-refractivity contribution in [3.05, 3.63) is 0 Å². The third-order valence-electron chi connectivity index (χ3n) is 3.71. The van der Waals surface area contributed by atoms with Gasteiger partial charge >= 0.3 is 23.9 Å². The first kappa shape index (κ1) is 20.6. The Morgan fingerprint density at radius 2 is 1.39 bits per heavy atom. The minimum Gasteiger partial charge on any atom is -0.363 e. The SMILES string of the molecule is N=CN1C[C@H](CC(F)(F)C(F)(F)C(F)(F)C(F)(F)F)[C@@H](CI)C1. The van der Waals surface area contributed by atoms with Crippen molar-refractivity contribution >= 4 is 28.9 Å². The number of halogens is 10. The van der Waals surface area contributed by atoms with Crippen molar-refractivity contribution < 1.29 is 39.5 Å². The van der Waals surface area contributed by atoms with Gasteiger partial charge in [-0.15, -0.1) is 0 Å². The van der Waals surface area contributed by atoms with E-state index in [1.807, 2.05) is 0 Å². The summed E-state index contributed by atoms with van der Waals surface area (Å²) >= 11 is 1.77. The molecule has 2 atom stereocenters. The summed E-state index contributed by atoms with van der Waals surface area (Å²) in [4.78, 5) is 1.21. The molecule has 0 aromatic carbocycles. The Morgan fingerprint density at radius 3 is 1.78 bits per heavy atom. The second-order valence-corrected chi connectivity index (χ2v) is 6.19. The van der Waals surface area contributed by atoms with Gasteiger partial charge in [-0.25, -0.2) is 0 Å². The Balaban J connectivity index is 3.03. The van der Waals surface area contributed by atoms with E-state index >= 15 is 0 Å². The summed E-state index contributed by atoms with van der Waals surface area (Å²) in [5.74, 6) is -20.8. The molecule has 0 bridgehead atoms. The molecule has 1 fully saturated rings. The van der Waals surface area contributed by atoms with Crippen molar-refractivity contribution in [2.24, 2.45) is 11.8 Å². The van der Waals surface area contributed by atoms with Gasteiger partial charge in [0.1, 0.15) is 0 Å². The van der Waals surface area contributed by atoms with Crippen LogP contribution in [0.4, 0.5) is 39.5 Å². The predicted molar refractivity (Wildman–Crippen MR) is 71.7 cm³/mol. The van der Waals surface area contributed by atoms with E-state index in [2.05, 4.69) is 0 Å². The van der Waals surface area contributed by atoms with Gasteiger partial charge in [-0.3, -0.25) is 5.41 Å². The zero-order valence-electron chi connectivity index (χ0n) is 11.3. The molecule has 1 N–H and O–H groups in total. The van der Waals surface area contributed by atoms with Gasteiger partial charge < -0.3 is 4.90 Å². The van der Waals surface area contributed by atoms with E-state index < -0.39 is 42.2 Å². The van der Waals surface area contributed by atoms with E-state index in [1.54, 1.807) is 22.6 Å². The fraction of sp³-hybridized carbons (Fsp3) is 0.909. The van der Waals surface area contributed by atoms with Crippen LogP contribution < -0.4 is 0 Å². The van der Waals surface area contributed by atoms with Gasteiger partial charge in [-0.05, 0) is 11.8 Å². The molecule has 0 spiro atoms. The lowest BCUT2D eigenvalue weighted by molar-refractivity contribution is -0.397. The molecule has 1 aliphatic rings. The van der Waals surface area contributed by atoms with Crippen molar-refractivity contribution in [1.29, 1.82) is 5.41 Å². The van der Waals surface area contributed by atoms with Gasteiger partial charge in [0.2, 0.25) is 0 Å². The Kier molecular flexibility index (Phi) is 5.80. The number of hydrogen-bond acceptors (Lipinski definition) is 1. The normalized spacial score (nSPS) is 24.2. The molecule has 1 rings (SSSR count). The summed E-state index contributed by atoms with van der Waals surface area (Å²) in [5, 5.41) is 6.98. The molecule has 1 heterocycles. The minimum absolute atomic E-state index is 0.0778. The Hall–Kier alpha value is -0.430. The Morgan fingerprint density at radius 1 is 0.913 bits per heavy atom. The average Bonchev–Trinajstić information content (AvgIpc) is 2.78. The number of rotatable bonds is 6. The van der Waals surface area contributed by atoms with Gasteiger partial charge in [-0.1, -0.05) is 22.6 Å². The van der Waals surface area contributed by atoms with E-state index in [0.29, 0.717) is 0 Å². The third kappa shape index (κ3) is 3.65. The van der Waals surface area contributed by atoms with Crippen LogP contribution in [0.5, 0.6) is 0 Å². The molecule has 1 aliphatic heterocycles. The van der Waals surface area contributed by atoms with Gasteiger partial charge in [-0.2, -0.15) is 39.5 Å². The summed E-state index contributed by atoms with van der Waals surface area (Å²) in [6.07, 6.45) is -7.83. The average molecular weight is 470 g/mol. The van der Waals surface area contributed by atoms with Crippen LogP contribution in [0.15, 0.2) is 0 Å². The van der Waals surface area contributed by atoms with Crippen molar-refractivity contribution in [2.45, 2.75) is 30.4 Å². The number of likely N-dealkylation sites (tertiary alicyclic amines) is 1. The molecule has 1 saturated heterocycles. The highest BCUT2D eigenvalue weighted by atomic mass is 127. The second-order valence-electron chi connectivity index (χ2n) is 5.31. The van der Waals surface area contributed by atoms with Crippen molar-refractivity contribution in [2.75, 3.05) is 17.5 Å². The highest BCUT2D eigenvalue weighted by molar-refractivity contribution is 14.1. The van der Waals surface area contributed by atoms with E-state index in [4.69, 9.17) is 5.41 Å². The largest absolute Gasteiger partial charge is 0.460 e. The minimum atomic E-state index is -6.84. The Bertz CT molecular complexity index is 438. The first-order chi connectivity index (χ1) is 10.2. The molecular weight excluding hydrogens is 458 g/mol. The number of nitrogens with zero attached hydrogens (tertiary/aromatic N) is 1. The molecule has 0 aromatic rings. The molecule has 0 radical (unpaired) electrons. The van der Waals surface area contributed by atoms with E-state index in [-0.39, 0.29) is 17.5 Å². The van der Waals surface area contributed by atoms with Crippen LogP contribution in [0.3, 0.4) is 0 Å². The summed E-state index contributed by atoms with van der Waals surface area (Å²) in [6.45, 7) is -0.200. The molecule has 136 valence electrons. The molecule has 0 aliphatic carbocycles. The number of nitrogens with one attached hydrogen (secondary N) is 1. The zero-order valence-corrected chi connectivity index (χ0v) is 13.4. The second kappa shape index (κ2) is 6.47. The summed E-state index contributed by atoms with van der Waals surface area (Å²) in [7, 11) is 0. The van der Waals surface area contributed by atoms with Crippen molar-refractivity contribution in [1.82, 2.24) is 4.90 Å². The maximum atomic E-state index is 13.6. The molecule has 2 nitrogen and oxygen atoms in total. The lowest BCUT2D eigenvalue weighted by Crippen LogP contribution is -2.61. The fourth-order valence-corrected chi connectivity index (χ4v) is 3.35. The molecule has 12 heteroatoms. The molecular formula is C11H12F9IN2. The van der Waals surface area contributed by atoms with E-state index in [0.717, 1.165) is 6.34 Å². The fourth-order valence-electron chi connectivity index (χ4n) is 2.35. The molecule has 0 amide bonds. The van der Waals surface area contributed by atoms with Gasteiger partial charge in [0.15, 0.2) is 0 Å². The van der Waals surface area contributed by atoms with Crippen LogP contribution in [0.1, 0.15) is 6.42 Å². The predicted octanol–water partition coefficient (Wildman–Crippen LogP) is 4.43. The van der Waals surface area contributed by atoms with Gasteiger partial charge in [0.25, 0.3) is 0 Å². The molecule has 0 saturated carbocycles. The number of hydrogen-bond donors (Lipinski definition) is 1. The van der Waals surface area contributed by atoms with Gasteiger partial charge in [0.05, 0.1) is 6.34 Å². The first-order valence-corrected chi connectivity index (χ1v) is 7.74. The topological polar surface area (TPSA) is 27.1 Å². The molecule has 0 unspecified atom stereocenters. The summed E-state index contributed by atoms with van der Waals surface area (Å²) in [6, 6.07) is 0. The molecule has 23 heavy (non-hydrogen) atoms. The third-order valence-corrected chi connectivity index (χ3v) is 4.85. The highest BCUT2D eigenvalue weighted by Gasteiger charge is 2.81. The lowest BCUT2D eigenvalue weighted by atomic mass is 9.88. The van der Waals surface area contributed by atoms with Crippen LogP contribution in [0.2, 0.25) is 0 Å². The van der Waals surface area contributed by atoms with Crippen LogP contribution in [0.25, 0.3) is 0 Å². The first-order valence-electron chi connectivity index (χ1n) is 6.22. The standard InChI is InChI=1S/C11H12F9IN2/c12-8(13,9(14,15)10(16,17)11(18,19)20)1-6-3-23(5-22)4-7(6)2-21/h5-7,22H,1-4H2/t6-,7-/m0/s1. The van der Waals surface area contributed by atoms with E-state index in [1.165, 1.54) is 4.90 Å². The maximum Gasteiger partial charge on any atom is 0.460 e. The lowest BCUT2D eigenvalue weighted by Gasteiger charge is -2.35. The Labute approximate surface area is 139 Å². The number of alkyl halides is 10. The van der Waals surface area contributed by atoms with E-state index in [9.17, 15) is 39.5 Å². The van der Waals surface area contributed by atoms with Crippen LogP contribution >= 0.6 is 22.6 Å².